The first-order valence-corrected chi connectivity index (χ1v) is 26.6. The third kappa shape index (κ3) is 26.4. The predicted octanol–water partition coefficient (Wildman–Crippen LogP) is 7.54. The van der Waals surface area contributed by atoms with Crippen LogP contribution < -0.4 is 32.9 Å². The Morgan fingerprint density at radius 1 is 0.630 bits per heavy atom. The molecule has 1 aliphatic rings. The number of imidazole rings is 2. The number of aromatic nitrogens is 14. The monoisotopic (exact) mass is 1160 g/mol. The minimum Gasteiger partial charge on any atom is -0.504 e. The number of nitrogens with one attached hydrogen (secondary N) is 9. The molecule has 0 bridgehead atoms. The van der Waals surface area contributed by atoms with Gasteiger partial charge in [0.2, 0.25) is 23.6 Å². The number of H-pyrrole nitrogens is 8. The molecule has 11 N–H and O–H groups in total. The van der Waals surface area contributed by atoms with E-state index in [2.05, 4.69) is 71.1 Å². The maximum absolute atomic E-state index is 11.0. The quantitative estimate of drug-likeness (QED) is 0.0653. The van der Waals surface area contributed by atoms with E-state index >= 15 is 0 Å². The largest absolute Gasteiger partial charge is 0.504 e. The number of carbonyl (C=O) groups excluding carboxylic acids is 2. The molecule has 0 radical (unpaired) electrons. The number of amides is 3. The Morgan fingerprint density at radius 2 is 1.21 bits per heavy atom. The summed E-state index contributed by atoms with van der Waals surface area (Å²) in [5.74, 6) is 1.35. The summed E-state index contributed by atoms with van der Waals surface area (Å²) in [7, 11) is 0. The van der Waals surface area contributed by atoms with Crippen molar-refractivity contribution < 1.29 is 28.7 Å². The zero-order chi connectivity index (χ0) is 63.1. The summed E-state index contributed by atoms with van der Waals surface area (Å²) in [6.45, 7) is 47.9. The van der Waals surface area contributed by atoms with Gasteiger partial charge in [-0.15, -0.1) is 5.10 Å². The molecule has 0 aliphatic carbocycles. The van der Waals surface area contributed by atoms with Crippen LogP contribution in [0.2, 0.25) is 0 Å². The number of hydrogen-bond donors (Lipinski definition) is 11. The lowest BCUT2D eigenvalue weighted by Crippen LogP contribution is -2.43. The van der Waals surface area contributed by atoms with E-state index in [9.17, 15) is 38.7 Å². The van der Waals surface area contributed by atoms with Crippen molar-refractivity contribution in [3.8, 4) is 11.6 Å². The lowest BCUT2D eigenvalue weighted by Gasteiger charge is -2.29. The minimum absolute atomic E-state index is 0.0101. The molecule has 8 heterocycles. The van der Waals surface area contributed by atoms with Crippen molar-refractivity contribution in [2.75, 3.05) is 6.54 Å². The molecule has 1 saturated heterocycles. The molecule has 81 heavy (non-hydrogen) atoms. The average molecular weight is 1160 g/mol. The number of rotatable bonds is 0. The van der Waals surface area contributed by atoms with E-state index in [1.165, 1.54) is 34.7 Å². The molecule has 8 rings (SSSR count). The van der Waals surface area contributed by atoms with E-state index in [-0.39, 0.29) is 89.8 Å². The second-order valence-corrected chi connectivity index (χ2v) is 27.6. The molecule has 7 aromatic rings. The van der Waals surface area contributed by atoms with Crippen LogP contribution in [0.5, 0.6) is 11.6 Å². The Morgan fingerprint density at radius 3 is 1.41 bits per heavy atom. The van der Waals surface area contributed by atoms with Gasteiger partial charge in [0, 0.05) is 62.2 Å². The zero-order valence-electron chi connectivity index (χ0n) is 51.7. The van der Waals surface area contributed by atoms with Crippen LogP contribution in [0.3, 0.4) is 0 Å². The summed E-state index contributed by atoms with van der Waals surface area (Å²) >= 11 is 1.17. The normalized spacial score (nSPS) is 12.9. The van der Waals surface area contributed by atoms with Gasteiger partial charge < -0.3 is 39.0 Å². The van der Waals surface area contributed by atoms with Crippen LogP contribution in [0.15, 0.2) is 63.8 Å². The van der Waals surface area contributed by atoms with Gasteiger partial charge in [0.1, 0.15) is 17.4 Å². The van der Waals surface area contributed by atoms with Gasteiger partial charge in [-0.25, -0.2) is 34.4 Å². The molecular weight excluding hydrogens is 1070 g/mol. The van der Waals surface area contributed by atoms with Crippen molar-refractivity contribution >= 4 is 23.3 Å². The average Bonchev–Trinajstić information content (AvgIpc) is 4.12. The molecule has 0 spiro atoms. The lowest BCUT2D eigenvalue weighted by atomic mass is 9.92. The van der Waals surface area contributed by atoms with E-state index < -0.39 is 11.4 Å². The van der Waals surface area contributed by atoms with Crippen LogP contribution in [0.25, 0.3) is 0 Å². The van der Waals surface area contributed by atoms with Crippen molar-refractivity contribution in [3.63, 3.8) is 0 Å². The molecule has 28 heteroatoms. The van der Waals surface area contributed by atoms with Crippen molar-refractivity contribution in [1.82, 2.24) is 80.7 Å². The summed E-state index contributed by atoms with van der Waals surface area (Å²) in [4.78, 5) is 91.7. The molecule has 1 fully saturated rings. The summed E-state index contributed by atoms with van der Waals surface area (Å²) in [5, 5.41) is 44.6. The van der Waals surface area contributed by atoms with Gasteiger partial charge in [-0.2, -0.15) is 20.3 Å². The molecule has 0 aromatic carbocycles. The van der Waals surface area contributed by atoms with Gasteiger partial charge in [0.15, 0.2) is 5.75 Å². The standard InChI is InChI=1S/C7H12N2O2.4C7H12N2O.2C6H10N2O2.C6H10N2OS/c1-7(2,3)9-4-5(10)8-6(9)11;1-7(2,3)6-8-4-5(10)9-6;1-7(2,3)5-4-8-6(10)9-5;1-7(2,3)6-5(10)4-8-9-6;1-7(2,3)9-5-4-6(10)8-9;1-6(2,3)4-7-8-5(9)10-4;1-6(2,3)4-7-5(9)8-10-4;1-6(2,3)4-7-8-5(9)10-4/h4H2,1-3H3,(H,8,10,11);4,10H,1-3H3,(H,8,9);4H,1-3H3,(H2,8,9,10);4,10H,1-3H3,(H,8,9);4-5H,1-3H3,(H,8,10);3*1-3H3,(H,8,9). The van der Waals surface area contributed by atoms with Crippen molar-refractivity contribution in [2.24, 2.45) is 0 Å². The number of nitrogens with zero attached hydrogens (tertiary/aromatic N) is 7. The van der Waals surface area contributed by atoms with E-state index in [0.29, 0.717) is 11.8 Å². The fourth-order valence-corrected chi connectivity index (χ4v) is 6.29. The maximum atomic E-state index is 11.0. The SMILES string of the molecule is CC(C)(C)N1CC(=O)NC1=O.CC(C)(C)c1[nH]ncc1O.CC(C)(C)c1c[nH]c(=O)[nH]1.CC(C)(C)c1n[nH]c(=O)o1.CC(C)(C)c1n[nH]c(=O)s1.CC(C)(C)c1nc(=O)[nH]o1.CC(C)(C)c1ncc(O)[nH]1.CC(C)(C)n1ccc(=O)[nH]1. The van der Waals surface area contributed by atoms with E-state index in [0.717, 1.165) is 22.2 Å². The molecule has 3 amide bonds. The fraction of sp³-hybridized carbons (Fsp3) is 0.623. The summed E-state index contributed by atoms with van der Waals surface area (Å²) in [5.41, 5.74) is 0.386. The van der Waals surface area contributed by atoms with Gasteiger partial charge in [0.25, 0.3) is 5.56 Å². The molecule has 27 nitrogen and oxygen atoms in total. The van der Waals surface area contributed by atoms with Crippen LogP contribution in [0.4, 0.5) is 4.79 Å². The maximum Gasteiger partial charge on any atom is 0.434 e. The number of hydrogen-bond acceptors (Lipinski definition) is 17. The van der Waals surface area contributed by atoms with Crippen molar-refractivity contribution in [2.45, 2.75) is 210 Å². The number of aromatic hydroxyl groups is 2. The second-order valence-electron chi connectivity index (χ2n) is 26.6. The lowest BCUT2D eigenvalue weighted by molar-refractivity contribution is -0.118. The van der Waals surface area contributed by atoms with Crippen molar-refractivity contribution in [3.05, 3.63) is 116 Å². The Hall–Kier alpha value is -7.78. The topological polar surface area (TPSA) is 397 Å². The van der Waals surface area contributed by atoms with Gasteiger partial charge >= 0.3 is 28.0 Å². The Bertz CT molecular complexity index is 2950. The van der Waals surface area contributed by atoms with Gasteiger partial charge in [-0.1, -0.05) is 136 Å². The minimum atomic E-state index is -0.495. The molecule has 0 unspecified atom stereocenters. The van der Waals surface area contributed by atoms with E-state index in [4.69, 9.17) is 14.0 Å². The molecule has 7 aromatic heterocycles. The summed E-state index contributed by atoms with van der Waals surface area (Å²) < 4.78 is 11.3. The first-order valence-electron chi connectivity index (χ1n) is 25.8. The highest BCUT2D eigenvalue weighted by molar-refractivity contribution is 7.09. The van der Waals surface area contributed by atoms with Crippen LogP contribution in [-0.2, 0) is 42.8 Å². The first kappa shape index (κ1) is 71.2. The zero-order valence-corrected chi connectivity index (χ0v) is 52.5. The Kier molecular flexibility index (Phi) is 24.7. The molecule has 1 aliphatic heterocycles. The summed E-state index contributed by atoms with van der Waals surface area (Å²) in [6.07, 6.45) is 6.30. The summed E-state index contributed by atoms with van der Waals surface area (Å²) in [6, 6.07) is 1.23. The van der Waals surface area contributed by atoms with Gasteiger partial charge in [0.05, 0.1) is 23.6 Å². The highest BCUT2D eigenvalue weighted by Gasteiger charge is 2.34. The van der Waals surface area contributed by atoms with E-state index in [1.54, 1.807) is 17.1 Å². The smallest absolute Gasteiger partial charge is 0.434 e. The highest BCUT2D eigenvalue weighted by Crippen LogP contribution is 2.27. The number of imide groups is 1. The van der Waals surface area contributed by atoms with Crippen LogP contribution in [-0.4, -0.2) is 110 Å². The third-order valence-corrected chi connectivity index (χ3v) is 11.4. The molecule has 0 saturated carbocycles. The first-order chi connectivity index (χ1) is 36.4. The number of urea groups is 1. The van der Waals surface area contributed by atoms with Crippen LogP contribution in [0, 0.1) is 0 Å². The molecule has 454 valence electrons. The number of aromatic amines is 8. The van der Waals surface area contributed by atoms with Gasteiger partial charge in [-0.05, 0) is 41.5 Å². The number of carbonyl (C=O) groups is 2. The highest BCUT2D eigenvalue weighted by atomic mass is 32.1. The van der Waals surface area contributed by atoms with E-state index in [1.807, 2.05) is 166 Å². The van der Waals surface area contributed by atoms with Gasteiger partial charge in [-0.3, -0.25) is 34.6 Å². The molecule has 0 atom stereocenters. The third-order valence-electron chi connectivity index (χ3n) is 10.2. The second kappa shape index (κ2) is 28.1. The fourth-order valence-electron chi connectivity index (χ4n) is 5.62. The van der Waals surface area contributed by atoms with Crippen LogP contribution >= 0.6 is 11.3 Å². The van der Waals surface area contributed by atoms with Crippen LogP contribution in [0.1, 0.15) is 200 Å². The molecular formula is C53H90N16O11S. The predicted molar refractivity (Wildman–Crippen MR) is 311 cm³/mol. The Labute approximate surface area is 475 Å². The Balaban J connectivity index is 0.000000463. The van der Waals surface area contributed by atoms with Crippen molar-refractivity contribution in [1.29, 1.82) is 0 Å².